The first-order valence-electron chi connectivity index (χ1n) is 7.38. The molecule has 0 spiro atoms. The molecule has 2 amide bonds. The Bertz CT molecular complexity index is 835. The van der Waals surface area contributed by atoms with E-state index in [9.17, 15) is 4.79 Å². The zero-order valence-electron chi connectivity index (χ0n) is 13.1. The third-order valence-corrected chi connectivity index (χ3v) is 4.23. The number of fused-ring (bicyclic) bond motifs is 1. The molecule has 3 rings (SSSR count). The Labute approximate surface area is 143 Å². The van der Waals surface area contributed by atoms with Crippen LogP contribution in [0.2, 0.25) is 0 Å². The van der Waals surface area contributed by atoms with Crippen LogP contribution in [0.1, 0.15) is 11.6 Å². The lowest BCUT2D eigenvalue weighted by Crippen LogP contribution is -2.34. The van der Waals surface area contributed by atoms with E-state index >= 15 is 0 Å². The number of anilines is 2. The van der Waals surface area contributed by atoms with Crippen LogP contribution in [-0.4, -0.2) is 33.2 Å². The fourth-order valence-corrected chi connectivity index (χ4v) is 2.99. The van der Waals surface area contributed by atoms with Gasteiger partial charge in [0.1, 0.15) is 5.82 Å². The molecule has 1 unspecified atom stereocenters. The summed E-state index contributed by atoms with van der Waals surface area (Å²) in [5.74, 6) is 1.60. The normalized spacial score (nSPS) is 12.0. The van der Waals surface area contributed by atoms with Gasteiger partial charge in [0.05, 0.1) is 16.9 Å². The van der Waals surface area contributed by atoms with Gasteiger partial charge >= 0.3 is 6.03 Å². The monoisotopic (exact) mass is 342 g/mol. The van der Waals surface area contributed by atoms with E-state index in [2.05, 4.69) is 25.8 Å². The van der Waals surface area contributed by atoms with E-state index in [-0.39, 0.29) is 12.1 Å². The molecular weight excluding hydrogens is 324 g/mol. The first-order chi connectivity index (χ1) is 11.7. The SMILES string of the molecule is CSCC(NC(=O)Nc1cc2[nH]nc(N)c2cn1)c1ccccc1. The van der Waals surface area contributed by atoms with Crippen LogP contribution < -0.4 is 16.4 Å². The molecule has 0 aliphatic heterocycles. The number of hydrogen-bond donors (Lipinski definition) is 4. The van der Waals surface area contributed by atoms with Crippen LogP contribution in [-0.2, 0) is 0 Å². The summed E-state index contributed by atoms with van der Waals surface area (Å²) in [6.45, 7) is 0. The maximum absolute atomic E-state index is 12.3. The topological polar surface area (TPSA) is 109 Å². The van der Waals surface area contributed by atoms with E-state index in [1.54, 1.807) is 24.0 Å². The predicted octanol–water partition coefficient (Wildman–Crippen LogP) is 2.77. The van der Waals surface area contributed by atoms with Crippen molar-refractivity contribution in [1.82, 2.24) is 20.5 Å². The van der Waals surface area contributed by atoms with Gasteiger partial charge in [-0.25, -0.2) is 9.78 Å². The van der Waals surface area contributed by atoms with Crippen molar-refractivity contribution in [1.29, 1.82) is 0 Å². The van der Waals surface area contributed by atoms with Crippen molar-refractivity contribution in [3.8, 4) is 0 Å². The van der Waals surface area contributed by atoms with Gasteiger partial charge in [-0.05, 0) is 11.8 Å². The largest absolute Gasteiger partial charge is 0.382 e. The van der Waals surface area contributed by atoms with Gasteiger partial charge in [-0.15, -0.1) is 0 Å². The first-order valence-corrected chi connectivity index (χ1v) is 8.77. The quantitative estimate of drug-likeness (QED) is 0.570. The van der Waals surface area contributed by atoms with Crippen molar-refractivity contribution in [3.05, 3.63) is 48.2 Å². The number of nitrogen functional groups attached to an aromatic ring is 1. The van der Waals surface area contributed by atoms with Crippen LogP contribution in [0.15, 0.2) is 42.6 Å². The van der Waals surface area contributed by atoms with Crippen LogP contribution in [0.25, 0.3) is 10.9 Å². The second kappa shape index (κ2) is 7.22. The Morgan fingerprint density at radius 3 is 2.92 bits per heavy atom. The van der Waals surface area contributed by atoms with Crippen molar-refractivity contribution in [3.63, 3.8) is 0 Å². The number of aromatic nitrogens is 3. The van der Waals surface area contributed by atoms with Crippen molar-refractivity contribution >= 4 is 40.3 Å². The summed E-state index contributed by atoms with van der Waals surface area (Å²) in [5, 5.41) is 13.2. The summed E-state index contributed by atoms with van der Waals surface area (Å²) in [6, 6.07) is 11.2. The molecule has 0 bridgehead atoms. The molecule has 7 nitrogen and oxygen atoms in total. The number of nitrogens with two attached hydrogens (primary N) is 1. The van der Waals surface area contributed by atoms with Gasteiger partial charge in [-0.2, -0.15) is 16.9 Å². The second-order valence-electron chi connectivity index (χ2n) is 5.24. The van der Waals surface area contributed by atoms with Crippen LogP contribution in [0.5, 0.6) is 0 Å². The first kappa shape index (κ1) is 16.1. The lowest BCUT2D eigenvalue weighted by molar-refractivity contribution is 0.249. The van der Waals surface area contributed by atoms with Crippen molar-refractivity contribution in [2.24, 2.45) is 0 Å². The Morgan fingerprint density at radius 2 is 2.17 bits per heavy atom. The summed E-state index contributed by atoms with van der Waals surface area (Å²) in [7, 11) is 0. The highest BCUT2D eigenvalue weighted by Crippen LogP contribution is 2.20. The van der Waals surface area contributed by atoms with Crippen LogP contribution in [0, 0.1) is 0 Å². The van der Waals surface area contributed by atoms with Crippen molar-refractivity contribution in [2.75, 3.05) is 23.1 Å². The molecule has 0 aliphatic rings. The highest BCUT2D eigenvalue weighted by atomic mass is 32.2. The Morgan fingerprint density at radius 1 is 1.38 bits per heavy atom. The molecule has 0 fully saturated rings. The summed E-state index contributed by atoms with van der Waals surface area (Å²) in [4.78, 5) is 16.5. The molecule has 0 aliphatic carbocycles. The number of amides is 2. The lowest BCUT2D eigenvalue weighted by Gasteiger charge is -2.18. The van der Waals surface area contributed by atoms with Gasteiger partial charge in [0.25, 0.3) is 0 Å². The van der Waals surface area contributed by atoms with E-state index < -0.39 is 0 Å². The molecule has 1 aromatic carbocycles. The van der Waals surface area contributed by atoms with Crippen molar-refractivity contribution < 1.29 is 4.79 Å². The highest BCUT2D eigenvalue weighted by Gasteiger charge is 2.14. The van der Waals surface area contributed by atoms with E-state index in [1.807, 2.05) is 36.6 Å². The molecule has 5 N–H and O–H groups in total. The number of urea groups is 1. The number of nitrogens with one attached hydrogen (secondary N) is 3. The Balaban J connectivity index is 1.70. The van der Waals surface area contributed by atoms with E-state index in [0.29, 0.717) is 11.6 Å². The zero-order valence-corrected chi connectivity index (χ0v) is 13.9. The summed E-state index contributed by atoms with van der Waals surface area (Å²) < 4.78 is 0. The fourth-order valence-electron chi connectivity index (χ4n) is 2.38. The van der Waals surface area contributed by atoms with Gasteiger partial charge in [-0.3, -0.25) is 10.4 Å². The number of aromatic amines is 1. The minimum Gasteiger partial charge on any atom is -0.382 e. The standard InChI is InChI=1S/C16H18N6OS/c1-24-9-13(10-5-3-2-4-6-10)19-16(23)20-14-7-12-11(8-18-14)15(17)22-21-12/h2-8,13H,9H2,1H3,(H3,17,21,22)(H2,18,19,20,23). The smallest absolute Gasteiger partial charge is 0.320 e. The number of carbonyl (C=O) groups excluding carboxylic acids is 1. The Kier molecular flexibility index (Phi) is 4.85. The maximum Gasteiger partial charge on any atom is 0.320 e. The van der Waals surface area contributed by atoms with Gasteiger partial charge in [0.2, 0.25) is 0 Å². The van der Waals surface area contributed by atoms with Crippen LogP contribution >= 0.6 is 11.8 Å². The molecule has 3 aromatic rings. The van der Waals surface area contributed by atoms with E-state index in [0.717, 1.165) is 22.2 Å². The molecule has 24 heavy (non-hydrogen) atoms. The third-order valence-electron chi connectivity index (χ3n) is 3.56. The number of pyridine rings is 1. The van der Waals surface area contributed by atoms with Gasteiger partial charge < -0.3 is 11.1 Å². The number of benzene rings is 1. The number of rotatable bonds is 5. The molecule has 8 heteroatoms. The third kappa shape index (κ3) is 3.60. The second-order valence-corrected chi connectivity index (χ2v) is 6.15. The predicted molar refractivity (Wildman–Crippen MR) is 98.0 cm³/mol. The Hall–Kier alpha value is -2.74. The number of carbonyl (C=O) groups is 1. The van der Waals surface area contributed by atoms with Crippen LogP contribution in [0.4, 0.5) is 16.4 Å². The highest BCUT2D eigenvalue weighted by molar-refractivity contribution is 7.98. The molecule has 2 aromatic heterocycles. The molecule has 0 saturated heterocycles. The summed E-state index contributed by atoms with van der Waals surface area (Å²) >= 11 is 1.67. The summed E-state index contributed by atoms with van der Waals surface area (Å²) in [5.41, 5.74) is 7.49. The average molecular weight is 342 g/mol. The van der Waals surface area contributed by atoms with E-state index in [1.165, 1.54) is 0 Å². The lowest BCUT2D eigenvalue weighted by atomic mass is 10.1. The molecule has 124 valence electrons. The maximum atomic E-state index is 12.3. The number of nitrogens with zero attached hydrogens (tertiary/aromatic N) is 2. The van der Waals surface area contributed by atoms with Gasteiger partial charge in [-0.1, -0.05) is 30.3 Å². The molecule has 1 atom stereocenters. The molecule has 0 saturated carbocycles. The minimum absolute atomic E-state index is 0.0762. The number of hydrogen-bond acceptors (Lipinski definition) is 5. The minimum atomic E-state index is -0.308. The number of thioether (sulfide) groups is 1. The van der Waals surface area contributed by atoms with Crippen molar-refractivity contribution in [2.45, 2.75) is 6.04 Å². The number of H-pyrrole nitrogens is 1. The molecular formula is C16H18N6OS. The zero-order chi connectivity index (χ0) is 16.9. The molecule has 2 heterocycles. The van der Waals surface area contributed by atoms with Crippen LogP contribution in [0.3, 0.4) is 0 Å². The van der Waals surface area contributed by atoms with Gasteiger partial charge in [0, 0.05) is 18.0 Å². The molecule has 0 radical (unpaired) electrons. The average Bonchev–Trinajstić information content (AvgIpc) is 2.96. The van der Waals surface area contributed by atoms with Gasteiger partial charge in [0.15, 0.2) is 5.82 Å². The fraction of sp³-hybridized carbons (Fsp3) is 0.188. The van der Waals surface area contributed by atoms with E-state index in [4.69, 9.17) is 5.73 Å². The summed E-state index contributed by atoms with van der Waals surface area (Å²) in [6.07, 6.45) is 3.59.